The Labute approximate surface area is 100 Å². The van der Waals surface area contributed by atoms with Gasteiger partial charge < -0.3 is 4.74 Å². The molecule has 0 atom stereocenters. The van der Waals surface area contributed by atoms with Crippen LogP contribution in [-0.4, -0.2) is 19.4 Å². The van der Waals surface area contributed by atoms with Crippen LogP contribution in [0.3, 0.4) is 0 Å². The van der Waals surface area contributed by atoms with Gasteiger partial charge in [-0.3, -0.25) is 9.59 Å². The number of esters is 1. The van der Waals surface area contributed by atoms with E-state index < -0.39 is 0 Å². The van der Waals surface area contributed by atoms with Gasteiger partial charge in [-0.2, -0.15) is 0 Å². The molecule has 0 spiro atoms. The minimum atomic E-state index is -0.350. The van der Waals surface area contributed by atoms with E-state index in [9.17, 15) is 9.59 Å². The molecule has 1 rings (SSSR count). The van der Waals surface area contributed by atoms with Gasteiger partial charge in [-0.15, -0.1) is 0 Å². The highest BCUT2D eigenvalue weighted by atomic mass is 79.9. The highest BCUT2D eigenvalue weighted by Gasteiger charge is 2.09. The summed E-state index contributed by atoms with van der Waals surface area (Å²) >= 11 is 9.05. The number of carbonyl (C=O) groups is 2. The maximum absolute atomic E-state index is 11.0. The molecule has 0 heterocycles. The Bertz CT molecular complexity index is 381. The Kier molecular flexibility index (Phi) is 4.29. The van der Waals surface area contributed by atoms with Crippen molar-refractivity contribution in [3.63, 3.8) is 0 Å². The van der Waals surface area contributed by atoms with Crippen molar-refractivity contribution in [1.29, 1.82) is 0 Å². The SMILES string of the molecule is COC(=O)Cc1cc(Cl)c(C=O)c(Br)c1. The maximum Gasteiger partial charge on any atom is 0.309 e. The van der Waals surface area contributed by atoms with Gasteiger partial charge in [-0.1, -0.05) is 11.6 Å². The van der Waals surface area contributed by atoms with E-state index in [1.54, 1.807) is 12.1 Å². The molecule has 80 valence electrons. The number of rotatable bonds is 3. The summed E-state index contributed by atoms with van der Waals surface area (Å²) in [5.74, 6) is -0.350. The predicted octanol–water partition coefficient (Wildman–Crippen LogP) is 2.63. The Hall–Kier alpha value is -0.870. The molecule has 0 aliphatic carbocycles. The van der Waals surface area contributed by atoms with Crippen molar-refractivity contribution in [1.82, 2.24) is 0 Å². The van der Waals surface area contributed by atoms with Crippen LogP contribution in [0.5, 0.6) is 0 Å². The monoisotopic (exact) mass is 290 g/mol. The maximum atomic E-state index is 11.0. The topological polar surface area (TPSA) is 43.4 Å². The summed E-state index contributed by atoms with van der Waals surface area (Å²) < 4.78 is 5.10. The average Bonchev–Trinajstić information content (AvgIpc) is 2.17. The summed E-state index contributed by atoms with van der Waals surface area (Å²) in [4.78, 5) is 21.6. The number of ether oxygens (including phenoxy) is 1. The van der Waals surface area contributed by atoms with Crippen molar-refractivity contribution in [2.75, 3.05) is 7.11 Å². The normalized spacial score (nSPS) is 9.80. The first-order valence-electron chi connectivity index (χ1n) is 4.08. The molecule has 0 aromatic heterocycles. The Balaban J connectivity index is 3.03. The summed E-state index contributed by atoms with van der Waals surface area (Å²) in [5.41, 5.74) is 1.08. The fraction of sp³-hybridized carbons (Fsp3) is 0.200. The molecule has 1 aromatic rings. The fourth-order valence-electron chi connectivity index (χ4n) is 1.09. The van der Waals surface area contributed by atoms with Crippen LogP contribution in [-0.2, 0) is 16.0 Å². The summed E-state index contributed by atoms with van der Waals surface area (Å²) in [6.45, 7) is 0. The highest BCUT2D eigenvalue weighted by molar-refractivity contribution is 9.10. The van der Waals surface area contributed by atoms with Crippen LogP contribution in [0.4, 0.5) is 0 Å². The summed E-state index contributed by atoms with van der Waals surface area (Å²) in [6, 6.07) is 3.25. The average molecular weight is 292 g/mol. The molecular formula is C10H8BrClO3. The van der Waals surface area contributed by atoms with Crippen LogP contribution >= 0.6 is 27.5 Å². The lowest BCUT2D eigenvalue weighted by molar-refractivity contribution is -0.139. The van der Waals surface area contributed by atoms with Crippen LogP contribution in [0.1, 0.15) is 15.9 Å². The lowest BCUT2D eigenvalue weighted by Gasteiger charge is -2.04. The third-order valence-corrected chi connectivity index (χ3v) is 2.80. The molecule has 0 bridgehead atoms. The molecule has 0 fully saturated rings. The minimum absolute atomic E-state index is 0.133. The first kappa shape index (κ1) is 12.2. The van der Waals surface area contributed by atoms with Crippen molar-refractivity contribution in [3.05, 3.63) is 32.8 Å². The second-order valence-corrected chi connectivity index (χ2v) is 4.11. The van der Waals surface area contributed by atoms with Gasteiger partial charge in [0.05, 0.1) is 18.6 Å². The van der Waals surface area contributed by atoms with Crippen molar-refractivity contribution < 1.29 is 14.3 Å². The molecule has 5 heteroatoms. The Morgan fingerprint density at radius 2 is 2.27 bits per heavy atom. The van der Waals surface area contributed by atoms with Crippen LogP contribution < -0.4 is 0 Å². The molecule has 0 aliphatic heterocycles. The Morgan fingerprint density at radius 1 is 1.60 bits per heavy atom. The molecule has 0 aliphatic rings. The Morgan fingerprint density at radius 3 is 2.73 bits per heavy atom. The van der Waals surface area contributed by atoms with Gasteiger partial charge in [0.2, 0.25) is 0 Å². The van der Waals surface area contributed by atoms with Crippen molar-refractivity contribution in [2.24, 2.45) is 0 Å². The van der Waals surface area contributed by atoms with Crippen molar-refractivity contribution >= 4 is 39.8 Å². The van der Waals surface area contributed by atoms with E-state index in [0.29, 0.717) is 26.9 Å². The van der Waals surface area contributed by atoms with Crippen LogP contribution in [0.25, 0.3) is 0 Å². The standard InChI is InChI=1S/C10H8BrClO3/c1-15-10(14)4-6-2-8(11)7(5-13)9(12)3-6/h2-3,5H,4H2,1H3. The third kappa shape index (κ3) is 3.04. The lowest BCUT2D eigenvalue weighted by Crippen LogP contribution is -2.04. The van der Waals surface area contributed by atoms with E-state index >= 15 is 0 Å². The number of aldehydes is 1. The number of hydrogen-bond donors (Lipinski definition) is 0. The fourth-order valence-corrected chi connectivity index (χ4v) is 2.09. The molecule has 0 N–H and O–H groups in total. The number of benzene rings is 1. The largest absolute Gasteiger partial charge is 0.469 e. The smallest absolute Gasteiger partial charge is 0.309 e. The summed E-state index contributed by atoms with van der Waals surface area (Å²) in [5, 5.41) is 0.318. The molecule has 1 aromatic carbocycles. The van der Waals surface area contributed by atoms with Crippen LogP contribution in [0.2, 0.25) is 5.02 Å². The molecule has 3 nitrogen and oxygen atoms in total. The highest BCUT2D eigenvalue weighted by Crippen LogP contribution is 2.25. The molecule has 0 amide bonds. The minimum Gasteiger partial charge on any atom is -0.469 e. The predicted molar refractivity (Wildman–Crippen MR) is 60.3 cm³/mol. The van der Waals surface area contributed by atoms with Crippen molar-refractivity contribution in [3.8, 4) is 0 Å². The van der Waals surface area contributed by atoms with Gasteiger partial charge >= 0.3 is 5.97 Å². The second kappa shape index (κ2) is 5.28. The summed E-state index contributed by atoms with van der Waals surface area (Å²) in [6.07, 6.45) is 0.794. The molecule has 0 radical (unpaired) electrons. The lowest BCUT2D eigenvalue weighted by atomic mass is 10.1. The van der Waals surface area contributed by atoms with E-state index in [0.717, 1.165) is 0 Å². The zero-order chi connectivity index (χ0) is 11.4. The van der Waals surface area contributed by atoms with Gasteiger partial charge in [0.1, 0.15) is 0 Å². The number of carbonyl (C=O) groups excluding carboxylic acids is 2. The quantitative estimate of drug-likeness (QED) is 0.635. The summed E-state index contributed by atoms with van der Waals surface area (Å²) in [7, 11) is 1.32. The molecular weight excluding hydrogens is 283 g/mol. The number of methoxy groups -OCH3 is 1. The van der Waals surface area contributed by atoms with E-state index in [1.807, 2.05) is 0 Å². The molecule has 0 saturated heterocycles. The van der Waals surface area contributed by atoms with Gasteiger partial charge in [-0.25, -0.2) is 0 Å². The molecule has 15 heavy (non-hydrogen) atoms. The molecule has 0 unspecified atom stereocenters. The van der Waals surface area contributed by atoms with E-state index in [-0.39, 0.29) is 12.4 Å². The molecule has 0 saturated carbocycles. The van der Waals surface area contributed by atoms with Crippen LogP contribution in [0, 0.1) is 0 Å². The van der Waals surface area contributed by atoms with E-state index in [2.05, 4.69) is 20.7 Å². The zero-order valence-corrected chi connectivity index (χ0v) is 10.3. The number of halogens is 2. The van der Waals surface area contributed by atoms with E-state index in [1.165, 1.54) is 7.11 Å². The van der Waals surface area contributed by atoms with Crippen LogP contribution in [0.15, 0.2) is 16.6 Å². The number of hydrogen-bond acceptors (Lipinski definition) is 3. The first-order valence-corrected chi connectivity index (χ1v) is 5.25. The van der Waals surface area contributed by atoms with Gasteiger partial charge in [-0.05, 0) is 33.6 Å². The van der Waals surface area contributed by atoms with E-state index in [4.69, 9.17) is 11.6 Å². The second-order valence-electron chi connectivity index (χ2n) is 2.84. The zero-order valence-electron chi connectivity index (χ0n) is 7.92. The van der Waals surface area contributed by atoms with Crippen molar-refractivity contribution in [2.45, 2.75) is 6.42 Å². The van der Waals surface area contributed by atoms with Gasteiger partial charge in [0, 0.05) is 10.0 Å². The van der Waals surface area contributed by atoms with Gasteiger partial charge in [0.25, 0.3) is 0 Å². The van der Waals surface area contributed by atoms with Gasteiger partial charge in [0.15, 0.2) is 6.29 Å². The third-order valence-electron chi connectivity index (χ3n) is 1.83. The first-order chi connectivity index (χ1) is 7.08.